The van der Waals surface area contributed by atoms with Crippen LogP contribution in [0.15, 0.2) is 324 Å². The Labute approximate surface area is 536 Å². The highest BCUT2D eigenvalue weighted by atomic mass is 16.3. The van der Waals surface area contributed by atoms with E-state index < -0.39 is 0 Å². The van der Waals surface area contributed by atoms with Gasteiger partial charge < -0.3 is 18.6 Å². The van der Waals surface area contributed by atoms with Crippen molar-refractivity contribution in [3.63, 3.8) is 0 Å². The Balaban J connectivity index is 0.000000141. The normalized spacial score (nSPS) is 13.2. The fourth-order valence-electron chi connectivity index (χ4n) is 14.8. The second-order valence-corrected chi connectivity index (χ2v) is 25.6. The quantitative estimate of drug-likeness (QED) is 0.144. The highest BCUT2D eigenvalue weighted by Gasteiger charge is 2.38. The third-order valence-corrected chi connectivity index (χ3v) is 19.5. The lowest BCUT2D eigenvalue weighted by Gasteiger charge is -2.26. The molecule has 0 N–H and O–H groups in total. The van der Waals surface area contributed by atoms with E-state index in [1.54, 1.807) is 0 Å². The molecule has 438 valence electrons. The van der Waals surface area contributed by atoms with Gasteiger partial charge in [-0.2, -0.15) is 0 Å². The zero-order chi connectivity index (χ0) is 61.7. The van der Waals surface area contributed by atoms with Gasteiger partial charge in [-0.3, -0.25) is 0 Å². The molecular weight excluding hydrogens is 1120 g/mol. The molecule has 0 amide bonds. The summed E-state index contributed by atoms with van der Waals surface area (Å²) in [6, 6.07) is 113. The molecule has 0 spiro atoms. The first kappa shape index (κ1) is 54.7. The number of rotatable bonds is 9. The van der Waals surface area contributed by atoms with Gasteiger partial charge in [0.1, 0.15) is 11.2 Å². The van der Waals surface area contributed by atoms with Crippen LogP contribution in [0.2, 0.25) is 0 Å². The van der Waals surface area contributed by atoms with E-state index in [0.29, 0.717) is 0 Å². The van der Waals surface area contributed by atoms with Crippen LogP contribution in [0.5, 0.6) is 0 Å². The predicted molar refractivity (Wildman–Crippen MR) is 386 cm³/mol. The lowest BCUT2D eigenvalue weighted by molar-refractivity contribution is 0.657. The van der Waals surface area contributed by atoms with Crippen LogP contribution in [0.1, 0.15) is 49.9 Å². The summed E-state index contributed by atoms with van der Waals surface area (Å²) < 4.78 is 13.7. The molecule has 0 atom stereocenters. The predicted octanol–water partition coefficient (Wildman–Crippen LogP) is 24.9. The number of para-hydroxylation sites is 3. The first-order valence-electron chi connectivity index (χ1n) is 31.9. The molecule has 4 nitrogen and oxygen atoms in total. The van der Waals surface area contributed by atoms with Crippen molar-refractivity contribution in [1.82, 2.24) is 0 Å². The Hall–Kier alpha value is -11.5. The minimum Gasteiger partial charge on any atom is -0.454 e. The van der Waals surface area contributed by atoms with E-state index in [1.807, 2.05) is 0 Å². The summed E-state index contributed by atoms with van der Waals surface area (Å²) in [7, 11) is 0. The molecule has 16 aromatic rings. The number of hydrogen-bond donors (Lipinski definition) is 0. The molecule has 0 saturated heterocycles. The van der Waals surface area contributed by atoms with E-state index in [-0.39, 0.29) is 10.8 Å². The number of nitrogens with zero attached hydrogens (tertiary/aromatic N) is 2. The SMILES string of the molecule is CC1(C)c2ccccc2-c2cc3oc4c(N(c5ccc(-c6ccccc6)cc5)c5ccc(-c6ccccc6)cc5)cccc4c3cc21.CC1(C)c2ccccc2-c2cc3oc4c(N(c5ccccc5)c5ccc(-c6ccc7ccccc7c6)cc5)cccc4c3cc21. The molecule has 0 bridgehead atoms. The molecule has 0 fully saturated rings. The van der Waals surface area contributed by atoms with Crippen molar-refractivity contribution in [2.75, 3.05) is 9.80 Å². The highest BCUT2D eigenvalue weighted by molar-refractivity contribution is 6.13. The fourth-order valence-corrected chi connectivity index (χ4v) is 14.8. The molecular formula is C88H64N2O2. The smallest absolute Gasteiger partial charge is 0.159 e. The second kappa shape index (κ2) is 21.7. The average Bonchev–Trinajstić information content (AvgIpc) is 1.57. The van der Waals surface area contributed by atoms with Crippen LogP contribution in [0.25, 0.3) is 110 Å². The minimum atomic E-state index is -0.0750. The number of benzene rings is 14. The Morgan fingerprint density at radius 2 is 0.598 bits per heavy atom. The topological polar surface area (TPSA) is 32.8 Å². The molecule has 2 heterocycles. The van der Waals surface area contributed by atoms with Crippen LogP contribution in [-0.4, -0.2) is 0 Å². The van der Waals surface area contributed by atoms with Crippen molar-refractivity contribution in [3.05, 3.63) is 338 Å². The minimum absolute atomic E-state index is 0.0653. The molecule has 2 aliphatic carbocycles. The van der Waals surface area contributed by atoms with E-state index >= 15 is 0 Å². The van der Waals surface area contributed by atoms with Gasteiger partial charge in [0.15, 0.2) is 11.2 Å². The van der Waals surface area contributed by atoms with Gasteiger partial charge in [-0.25, -0.2) is 0 Å². The van der Waals surface area contributed by atoms with Gasteiger partial charge in [-0.05, 0) is 180 Å². The van der Waals surface area contributed by atoms with Crippen molar-refractivity contribution in [2.24, 2.45) is 0 Å². The number of furan rings is 2. The third kappa shape index (κ3) is 9.04. The summed E-state index contributed by atoms with van der Waals surface area (Å²) in [5.74, 6) is 0. The third-order valence-electron chi connectivity index (χ3n) is 19.5. The van der Waals surface area contributed by atoms with Crippen LogP contribution in [0.4, 0.5) is 34.1 Å². The molecule has 0 aliphatic heterocycles. The van der Waals surface area contributed by atoms with Gasteiger partial charge in [-0.1, -0.05) is 252 Å². The Morgan fingerprint density at radius 3 is 1.05 bits per heavy atom. The van der Waals surface area contributed by atoms with Crippen molar-refractivity contribution < 1.29 is 8.83 Å². The summed E-state index contributed by atoms with van der Waals surface area (Å²) in [4.78, 5) is 4.63. The lowest BCUT2D eigenvalue weighted by atomic mass is 9.82. The van der Waals surface area contributed by atoms with Gasteiger partial charge in [0, 0.05) is 55.1 Å². The maximum atomic E-state index is 6.86. The summed E-state index contributed by atoms with van der Waals surface area (Å²) in [5, 5.41) is 7.07. The van der Waals surface area contributed by atoms with Crippen molar-refractivity contribution >= 4 is 88.8 Å². The van der Waals surface area contributed by atoms with Gasteiger partial charge in [-0.15, -0.1) is 0 Å². The largest absolute Gasteiger partial charge is 0.454 e. The Morgan fingerprint density at radius 1 is 0.239 bits per heavy atom. The average molecular weight is 1180 g/mol. The fraction of sp³-hybridized carbons (Fsp3) is 0.0682. The van der Waals surface area contributed by atoms with E-state index in [0.717, 1.165) is 78.0 Å². The van der Waals surface area contributed by atoms with E-state index in [9.17, 15) is 0 Å². The molecule has 0 saturated carbocycles. The van der Waals surface area contributed by atoms with Gasteiger partial charge in [0.2, 0.25) is 0 Å². The van der Waals surface area contributed by atoms with Crippen LogP contribution < -0.4 is 9.80 Å². The zero-order valence-corrected chi connectivity index (χ0v) is 51.7. The molecule has 2 aromatic heterocycles. The number of hydrogen-bond acceptors (Lipinski definition) is 4. The molecule has 4 heteroatoms. The van der Waals surface area contributed by atoms with Crippen LogP contribution in [0, 0.1) is 0 Å². The van der Waals surface area contributed by atoms with E-state index in [1.165, 1.54) is 88.7 Å². The van der Waals surface area contributed by atoms with Crippen LogP contribution >= 0.6 is 0 Å². The highest BCUT2D eigenvalue weighted by Crippen LogP contribution is 2.54. The van der Waals surface area contributed by atoms with Crippen molar-refractivity contribution in [1.29, 1.82) is 0 Å². The first-order valence-corrected chi connectivity index (χ1v) is 31.9. The summed E-state index contributed by atoms with van der Waals surface area (Å²) in [6.07, 6.45) is 0. The molecule has 2 aliphatic rings. The maximum Gasteiger partial charge on any atom is 0.159 e. The molecule has 14 aromatic carbocycles. The van der Waals surface area contributed by atoms with Crippen LogP contribution in [-0.2, 0) is 10.8 Å². The van der Waals surface area contributed by atoms with Crippen LogP contribution in [0.3, 0.4) is 0 Å². The maximum absolute atomic E-state index is 6.86. The van der Waals surface area contributed by atoms with Crippen molar-refractivity contribution in [3.8, 4) is 55.6 Å². The van der Waals surface area contributed by atoms with Gasteiger partial charge in [0.25, 0.3) is 0 Å². The molecule has 18 rings (SSSR count). The summed E-state index contributed by atoms with van der Waals surface area (Å²) in [6.45, 7) is 9.32. The van der Waals surface area contributed by atoms with Gasteiger partial charge >= 0.3 is 0 Å². The second-order valence-electron chi connectivity index (χ2n) is 25.6. The molecule has 0 unspecified atom stereocenters. The summed E-state index contributed by atoms with van der Waals surface area (Å²) >= 11 is 0. The van der Waals surface area contributed by atoms with Crippen molar-refractivity contribution in [2.45, 2.75) is 38.5 Å². The summed E-state index contributed by atoms with van der Waals surface area (Å²) in [5.41, 5.74) is 27.6. The number of anilines is 6. The molecule has 92 heavy (non-hydrogen) atoms. The van der Waals surface area contributed by atoms with Gasteiger partial charge in [0.05, 0.1) is 11.4 Å². The monoisotopic (exact) mass is 1180 g/mol. The standard InChI is InChI=1S/C45H33NO.C43H31NO/c1-45(2)40-18-10-9-16-36(40)38-29-43-39(28-41(38)45)37-17-11-19-42(44(37)47-43)46(34-24-20-32(21-25-34)30-12-5-3-6-13-30)35-26-22-33(23-27-35)31-14-7-4-8-15-31;1-43(2)38-17-9-8-15-34(38)36-27-41-37(26-39(36)43)35-16-10-18-40(42(35)45-41)44(32-13-4-3-5-14-32)33-23-21-29(22-24-33)31-20-19-28-11-6-7-12-30(28)25-31/h3-29H,1-2H3;3-27H,1-2H3. The Bertz CT molecular complexity index is 5410. The Kier molecular flexibility index (Phi) is 12.9. The molecule has 0 radical (unpaired) electrons. The zero-order valence-electron chi connectivity index (χ0n) is 51.7. The lowest BCUT2D eigenvalue weighted by Crippen LogP contribution is -2.14. The first-order chi connectivity index (χ1) is 45.1. The van der Waals surface area contributed by atoms with E-state index in [4.69, 9.17) is 8.83 Å². The number of fused-ring (bicyclic) bond motifs is 13. The van der Waals surface area contributed by atoms with E-state index in [2.05, 4.69) is 353 Å².